The van der Waals surface area contributed by atoms with E-state index in [1.54, 1.807) is 0 Å². The topological polar surface area (TPSA) is 45.2 Å². The van der Waals surface area contributed by atoms with Crippen LogP contribution in [-0.4, -0.2) is 62.6 Å². The first-order valence-electron chi connectivity index (χ1n) is 9.87. The summed E-state index contributed by atoms with van der Waals surface area (Å²) in [5.74, 6) is 1.97. The second-order valence-corrected chi connectivity index (χ2v) is 7.21. The Morgan fingerprint density at radius 3 is 2.44 bits per heavy atom. The van der Waals surface area contributed by atoms with Crippen molar-refractivity contribution in [1.29, 1.82) is 0 Å². The van der Waals surface area contributed by atoms with Crippen molar-refractivity contribution < 1.29 is 14.6 Å². The summed E-state index contributed by atoms with van der Waals surface area (Å²) in [6, 6.07) is 16.5. The maximum Gasteiger partial charge on any atom is 0.184 e. The predicted molar refractivity (Wildman–Crippen MR) is 107 cm³/mol. The molecule has 0 aromatic heterocycles. The molecule has 2 aromatic carbocycles. The highest BCUT2D eigenvalue weighted by Crippen LogP contribution is 2.39. The third-order valence-electron chi connectivity index (χ3n) is 5.54. The number of rotatable bonds is 6. The van der Waals surface area contributed by atoms with Crippen LogP contribution in [0.5, 0.6) is 11.5 Å². The van der Waals surface area contributed by atoms with Crippen molar-refractivity contribution in [3.63, 3.8) is 0 Å². The summed E-state index contributed by atoms with van der Waals surface area (Å²) < 4.78 is 11.6. The van der Waals surface area contributed by atoms with E-state index in [0.717, 1.165) is 56.3 Å². The van der Waals surface area contributed by atoms with Crippen LogP contribution in [0.4, 0.5) is 5.69 Å². The molecule has 0 amide bonds. The molecule has 2 aliphatic rings. The fourth-order valence-corrected chi connectivity index (χ4v) is 3.95. The minimum absolute atomic E-state index is 0.206. The van der Waals surface area contributed by atoms with Crippen LogP contribution in [0.2, 0.25) is 0 Å². The van der Waals surface area contributed by atoms with Crippen LogP contribution in [0.3, 0.4) is 0 Å². The fraction of sp³-hybridized carbons (Fsp3) is 0.455. The molecule has 0 spiro atoms. The molecule has 1 saturated heterocycles. The molecule has 2 aliphatic heterocycles. The zero-order chi connectivity index (χ0) is 18.5. The van der Waals surface area contributed by atoms with Gasteiger partial charge in [0.2, 0.25) is 0 Å². The van der Waals surface area contributed by atoms with E-state index >= 15 is 0 Å². The predicted octanol–water partition coefficient (Wildman–Crippen LogP) is 2.75. The first-order chi connectivity index (χ1) is 13.3. The van der Waals surface area contributed by atoms with Crippen LogP contribution in [0.15, 0.2) is 48.5 Å². The van der Waals surface area contributed by atoms with E-state index in [1.807, 2.05) is 30.3 Å². The minimum Gasteiger partial charge on any atom is -0.486 e. The second kappa shape index (κ2) is 8.63. The molecule has 0 bridgehead atoms. The second-order valence-electron chi connectivity index (χ2n) is 7.21. The summed E-state index contributed by atoms with van der Waals surface area (Å²) >= 11 is 0. The third kappa shape index (κ3) is 4.20. The average molecular weight is 368 g/mol. The fourth-order valence-electron chi connectivity index (χ4n) is 3.95. The highest BCUT2D eigenvalue weighted by atomic mass is 16.6. The van der Waals surface area contributed by atoms with Gasteiger partial charge in [-0.1, -0.05) is 36.4 Å². The summed E-state index contributed by atoms with van der Waals surface area (Å²) in [5.41, 5.74) is 2.37. The summed E-state index contributed by atoms with van der Waals surface area (Å²) in [7, 11) is 0. The molecule has 2 aromatic rings. The minimum atomic E-state index is 0.206. The zero-order valence-electron chi connectivity index (χ0n) is 15.7. The van der Waals surface area contributed by atoms with E-state index in [9.17, 15) is 5.11 Å². The maximum absolute atomic E-state index is 9.76. The highest BCUT2D eigenvalue weighted by molar-refractivity contribution is 5.65. The van der Waals surface area contributed by atoms with E-state index in [1.165, 1.54) is 5.56 Å². The molecule has 2 heterocycles. The molecule has 144 valence electrons. The SMILES string of the molecule is OCC(CCN1CCN(c2cccc3c2OCCO3)CC1)c1ccccc1. The van der Waals surface area contributed by atoms with E-state index in [0.29, 0.717) is 13.2 Å². The van der Waals surface area contributed by atoms with Gasteiger partial charge in [-0.15, -0.1) is 0 Å². The molecule has 1 atom stereocenters. The Morgan fingerprint density at radius 2 is 1.67 bits per heavy atom. The Bertz CT molecular complexity index is 730. The monoisotopic (exact) mass is 368 g/mol. The maximum atomic E-state index is 9.76. The molecule has 27 heavy (non-hydrogen) atoms. The number of fused-ring (bicyclic) bond motifs is 1. The Labute approximate surface area is 161 Å². The van der Waals surface area contributed by atoms with Gasteiger partial charge in [0.05, 0.1) is 5.69 Å². The molecule has 5 nitrogen and oxygen atoms in total. The van der Waals surface area contributed by atoms with Crippen LogP contribution >= 0.6 is 0 Å². The molecular weight excluding hydrogens is 340 g/mol. The number of aliphatic hydroxyl groups is 1. The van der Waals surface area contributed by atoms with E-state index < -0.39 is 0 Å². The standard InChI is InChI=1S/C22H28N2O3/c25-17-19(18-5-2-1-3-6-18)9-10-23-11-13-24(14-12-23)20-7-4-8-21-22(20)27-16-15-26-21/h1-8,19,25H,9-17H2. The van der Waals surface area contributed by atoms with Crippen LogP contribution < -0.4 is 14.4 Å². The molecule has 1 N–H and O–H groups in total. The first kappa shape index (κ1) is 18.1. The van der Waals surface area contributed by atoms with Crippen molar-refractivity contribution in [3.8, 4) is 11.5 Å². The van der Waals surface area contributed by atoms with Gasteiger partial charge in [0, 0.05) is 38.7 Å². The summed E-state index contributed by atoms with van der Waals surface area (Å²) in [6.45, 7) is 6.47. The Hall–Kier alpha value is -2.24. The Balaban J connectivity index is 1.32. The summed E-state index contributed by atoms with van der Waals surface area (Å²) in [4.78, 5) is 4.89. The van der Waals surface area contributed by atoms with Crippen molar-refractivity contribution in [3.05, 3.63) is 54.1 Å². The number of piperazine rings is 1. The number of hydrogen-bond donors (Lipinski definition) is 1. The number of hydrogen-bond acceptors (Lipinski definition) is 5. The van der Waals surface area contributed by atoms with Gasteiger partial charge in [0.25, 0.3) is 0 Å². The Kier molecular flexibility index (Phi) is 5.80. The van der Waals surface area contributed by atoms with Crippen molar-refractivity contribution in [2.24, 2.45) is 0 Å². The number of anilines is 1. The molecule has 1 fully saturated rings. The van der Waals surface area contributed by atoms with Gasteiger partial charge < -0.3 is 19.5 Å². The van der Waals surface area contributed by atoms with E-state index in [4.69, 9.17) is 9.47 Å². The van der Waals surface area contributed by atoms with Gasteiger partial charge in [0.15, 0.2) is 11.5 Å². The summed E-state index contributed by atoms with van der Waals surface area (Å²) in [5, 5.41) is 9.76. The van der Waals surface area contributed by atoms with Crippen LogP contribution in [0.1, 0.15) is 17.9 Å². The lowest BCUT2D eigenvalue weighted by Crippen LogP contribution is -2.47. The molecule has 4 rings (SSSR count). The van der Waals surface area contributed by atoms with Crippen LogP contribution in [0, 0.1) is 0 Å². The molecule has 5 heteroatoms. The molecule has 0 aliphatic carbocycles. The van der Waals surface area contributed by atoms with Gasteiger partial charge >= 0.3 is 0 Å². The lowest BCUT2D eigenvalue weighted by molar-refractivity contribution is 0.171. The largest absolute Gasteiger partial charge is 0.486 e. The normalized spacial score (nSPS) is 18.3. The number of ether oxygens (including phenoxy) is 2. The molecule has 1 unspecified atom stereocenters. The van der Waals surface area contributed by atoms with Crippen molar-refractivity contribution in [1.82, 2.24) is 4.90 Å². The van der Waals surface area contributed by atoms with E-state index in [2.05, 4.69) is 28.0 Å². The van der Waals surface area contributed by atoms with Crippen molar-refractivity contribution in [2.45, 2.75) is 12.3 Å². The van der Waals surface area contributed by atoms with Crippen molar-refractivity contribution in [2.75, 3.05) is 57.4 Å². The smallest absolute Gasteiger partial charge is 0.184 e. The number of benzene rings is 2. The van der Waals surface area contributed by atoms with Crippen LogP contribution in [0.25, 0.3) is 0 Å². The van der Waals surface area contributed by atoms with Gasteiger partial charge in [-0.25, -0.2) is 0 Å². The quantitative estimate of drug-likeness (QED) is 0.849. The molecular formula is C22H28N2O3. The van der Waals surface area contributed by atoms with E-state index in [-0.39, 0.29) is 12.5 Å². The molecule has 0 saturated carbocycles. The molecule has 0 radical (unpaired) electrons. The van der Waals surface area contributed by atoms with Gasteiger partial charge in [0.1, 0.15) is 13.2 Å². The average Bonchev–Trinajstić information content (AvgIpc) is 2.75. The number of nitrogens with zero attached hydrogens (tertiary/aromatic N) is 2. The van der Waals surface area contributed by atoms with Crippen LogP contribution in [-0.2, 0) is 0 Å². The van der Waals surface area contributed by atoms with Gasteiger partial charge in [-0.2, -0.15) is 0 Å². The first-order valence-corrected chi connectivity index (χ1v) is 9.87. The van der Waals surface area contributed by atoms with Gasteiger partial charge in [-0.05, 0) is 30.7 Å². The lowest BCUT2D eigenvalue weighted by Gasteiger charge is -2.37. The number of aliphatic hydroxyl groups excluding tert-OH is 1. The zero-order valence-corrected chi connectivity index (χ0v) is 15.7. The van der Waals surface area contributed by atoms with Crippen molar-refractivity contribution >= 4 is 5.69 Å². The number of para-hydroxylation sites is 1. The lowest BCUT2D eigenvalue weighted by atomic mass is 9.96. The highest BCUT2D eigenvalue weighted by Gasteiger charge is 2.24. The third-order valence-corrected chi connectivity index (χ3v) is 5.54. The summed E-state index contributed by atoms with van der Waals surface area (Å²) in [6.07, 6.45) is 0.984. The van der Waals surface area contributed by atoms with Gasteiger partial charge in [-0.3, -0.25) is 4.90 Å². The Morgan fingerprint density at radius 1 is 0.889 bits per heavy atom.